The highest BCUT2D eigenvalue weighted by atomic mass is 35.5. The Bertz CT molecular complexity index is 458. The summed E-state index contributed by atoms with van der Waals surface area (Å²) in [5.74, 6) is 2.54. The Labute approximate surface area is 132 Å². The van der Waals surface area contributed by atoms with Crippen molar-refractivity contribution in [3.8, 4) is 5.75 Å². The van der Waals surface area contributed by atoms with Crippen molar-refractivity contribution in [3.05, 3.63) is 29.8 Å². The molecule has 0 bridgehead atoms. The first-order valence-electron chi connectivity index (χ1n) is 7.71. The molecule has 2 atom stereocenters. The van der Waals surface area contributed by atoms with Crippen molar-refractivity contribution >= 4 is 17.5 Å². The van der Waals surface area contributed by atoms with Crippen molar-refractivity contribution in [1.29, 1.82) is 0 Å². The predicted molar refractivity (Wildman–Crippen MR) is 86.1 cm³/mol. The van der Waals surface area contributed by atoms with Crippen molar-refractivity contribution in [2.45, 2.75) is 39.2 Å². The number of rotatable bonds is 6. The third-order valence-corrected chi connectivity index (χ3v) is 4.42. The number of benzene rings is 1. The molecule has 0 aromatic heterocycles. The molecule has 1 aromatic carbocycles. The molecule has 0 radical (unpaired) electrons. The number of nitrogens with one attached hydrogen (secondary N) is 1. The third-order valence-electron chi connectivity index (χ3n) is 4.03. The number of amides is 1. The van der Waals surface area contributed by atoms with E-state index in [0.717, 1.165) is 12.3 Å². The fourth-order valence-corrected chi connectivity index (χ4v) is 3.27. The van der Waals surface area contributed by atoms with E-state index in [4.69, 9.17) is 16.3 Å². The van der Waals surface area contributed by atoms with E-state index in [1.165, 1.54) is 19.3 Å². The fourth-order valence-electron chi connectivity index (χ4n) is 2.87. The molecule has 21 heavy (non-hydrogen) atoms. The SMILES string of the molecule is CC(C)Oc1ccc(C(=O)NCC2CCCC2CCl)cc1. The summed E-state index contributed by atoms with van der Waals surface area (Å²) in [6.07, 6.45) is 3.71. The van der Waals surface area contributed by atoms with Gasteiger partial charge in [0, 0.05) is 18.0 Å². The molecule has 116 valence electrons. The largest absolute Gasteiger partial charge is 0.491 e. The van der Waals surface area contributed by atoms with Crippen molar-refractivity contribution in [2.24, 2.45) is 11.8 Å². The van der Waals surface area contributed by atoms with Gasteiger partial charge in [-0.05, 0) is 62.8 Å². The van der Waals surface area contributed by atoms with Gasteiger partial charge in [-0.15, -0.1) is 11.6 Å². The minimum atomic E-state index is -0.0219. The molecule has 0 aliphatic heterocycles. The minimum absolute atomic E-state index is 0.0219. The van der Waals surface area contributed by atoms with E-state index in [2.05, 4.69) is 5.32 Å². The van der Waals surface area contributed by atoms with Crippen LogP contribution in [0, 0.1) is 11.8 Å². The van der Waals surface area contributed by atoms with Crippen molar-refractivity contribution < 1.29 is 9.53 Å². The molecule has 1 aromatic rings. The maximum absolute atomic E-state index is 12.1. The lowest BCUT2D eigenvalue weighted by Gasteiger charge is -2.17. The first kappa shape index (κ1) is 16.2. The highest BCUT2D eigenvalue weighted by molar-refractivity contribution is 6.18. The molecule has 1 N–H and O–H groups in total. The van der Waals surface area contributed by atoms with Crippen LogP contribution in [0.3, 0.4) is 0 Å². The summed E-state index contributed by atoms with van der Waals surface area (Å²) in [6.45, 7) is 4.69. The Morgan fingerprint density at radius 3 is 2.57 bits per heavy atom. The number of hydrogen-bond acceptors (Lipinski definition) is 2. The Morgan fingerprint density at radius 2 is 1.95 bits per heavy atom. The van der Waals surface area contributed by atoms with E-state index in [-0.39, 0.29) is 12.0 Å². The average Bonchev–Trinajstić information content (AvgIpc) is 2.92. The molecule has 3 nitrogen and oxygen atoms in total. The van der Waals surface area contributed by atoms with Crippen LogP contribution in [0.5, 0.6) is 5.75 Å². The predicted octanol–water partition coefficient (Wildman–Crippen LogP) is 3.86. The molecule has 0 heterocycles. The number of halogens is 1. The van der Waals surface area contributed by atoms with Gasteiger partial charge in [0.15, 0.2) is 0 Å². The van der Waals surface area contributed by atoms with Gasteiger partial charge in [-0.3, -0.25) is 4.79 Å². The smallest absolute Gasteiger partial charge is 0.251 e. The Morgan fingerprint density at radius 1 is 1.29 bits per heavy atom. The van der Waals surface area contributed by atoms with Gasteiger partial charge < -0.3 is 10.1 Å². The lowest BCUT2D eigenvalue weighted by atomic mass is 9.98. The van der Waals surface area contributed by atoms with Crippen LogP contribution in [0.15, 0.2) is 24.3 Å². The van der Waals surface area contributed by atoms with E-state index in [9.17, 15) is 4.79 Å². The van der Waals surface area contributed by atoms with Crippen LogP contribution in [0.4, 0.5) is 0 Å². The number of carbonyl (C=O) groups excluding carboxylic acids is 1. The molecular formula is C17H24ClNO2. The third kappa shape index (κ3) is 4.63. The van der Waals surface area contributed by atoms with Crippen LogP contribution in [0.2, 0.25) is 0 Å². The summed E-state index contributed by atoms with van der Waals surface area (Å²) in [6, 6.07) is 7.29. The lowest BCUT2D eigenvalue weighted by molar-refractivity contribution is 0.0944. The molecule has 2 unspecified atom stereocenters. The van der Waals surface area contributed by atoms with Gasteiger partial charge in [-0.2, -0.15) is 0 Å². The molecule has 1 aliphatic carbocycles. The number of hydrogen-bond donors (Lipinski definition) is 1. The van der Waals surface area contributed by atoms with E-state index in [1.54, 1.807) is 12.1 Å². The summed E-state index contributed by atoms with van der Waals surface area (Å²) in [7, 11) is 0. The number of alkyl halides is 1. The summed E-state index contributed by atoms with van der Waals surface area (Å²) >= 11 is 5.97. The molecule has 0 spiro atoms. The Balaban J connectivity index is 1.85. The first-order chi connectivity index (χ1) is 10.1. The summed E-state index contributed by atoms with van der Waals surface area (Å²) in [4.78, 5) is 12.1. The molecule has 1 amide bonds. The highest BCUT2D eigenvalue weighted by Crippen LogP contribution is 2.32. The van der Waals surface area contributed by atoms with Crippen LogP contribution in [-0.4, -0.2) is 24.4 Å². The zero-order valence-electron chi connectivity index (χ0n) is 12.8. The quantitative estimate of drug-likeness (QED) is 0.810. The first-order valence-corrected chi connectivity index (χ1v) is 8.24. The summed E-state index contributed by atoms with van der Waals surface area (Å²) in [5.41, 5.74) is 0.673. The van der Waals surface area contributed by atoms with Gasteiger partial charge in [0.05, 0.1) is 6.10 Å². The molecular weight excluding hydrogens is 286 g/mol. The average molecular weight is 310 g/mol. The van der Waals surface area contributed by atoms with Gasteiger partial charge in [0.2, 0.25) is 0 Å². The van der Waals surface area contributed by atoms with E-state index in [0.29, 0.717) is 23.3 Å². The standard InChI is InChI=1S/C17H24ClNO2/c1-12(2)21-16-8-6-13(7-9-16)17(20)19-11-15-5-3-4-14(15)10-18/h6-9,12,14-15H,3-5,10-11H2,1-2H3,(H,19,20). The molecule has 0 saturated heterocycles. The second-order valence-corrected chi connectivity index (χ2v) is 6.31. The second kappa shape index (κ2) is 7.69. The minimum Gasteiger partial charge on any atom is -0.491 e. The van der Waals surface area contributed by atoms with Crippen LogP contribution in [-0.2, 0) is 0 Å². The Kier molecular flexibility index (Phi) is 5.92. The van der Waals surface area contributed by atoms with Gasteiger partial charge in [-0.25, -0.2) is 0 Å². The Hall–Kier alpha value is -1.22. The van der Waals surface area contributed by atoms with Crippen LogP contribution in [0.25, 0.3) is 0 Å². The van der Waals surface area contributed by atoms with Gasteiger partial charge in [-0.1, -0.05) is 6.42 Å². The maximum atomic E-state index is 12.1. The maximum Gasteiger partial charge on any atom is 0.251 e. The zero-order valence-corrected chi connectivity index (χ0v) is 13.5. The highest BCUT2D eigenvalue weighted by Gasteiger charge is 2.26. The monoisotopic (exact) mass is 309 g/mol. The topological polar surface area (TPSA) is 38.3 Å². The van der Waals surface area contributed by atoms with Gasteiger partial charge in [0.25, 0.3) is 5.91 Å². The number of ether oxygens (including phenoxy) is 1. The zero-order chi connectivity index (χ0) is 15.2. The van der Waals surface area contributed by atoms with Crippen molar-refractivity contribution in [1.82, 2.24) is 5.32 Å². The summed E-state index contributed by atoms with van der Waals surface area (Å²) < 4.78 is 5.57. The second-order valence-electron chi connectivity index (χ2n) is 6.01. The fraction of sp³-hybridized carbons (Fsp3) is 0.588. The normalized spacial score (nSPS) is 21.5. The number of carbonyl (C=O) groups is 1. The van der Waals surface area contributed by atoms with E-state index >= 15 is 0 Å². The van der Waals surface area contributed by atoms with E-state index in [1.807, 2.05) is 26.0 Å². The van der Waals surface area contributed by atoms with Crippen molar-refractivity contribution in [2.75, 3.05) is 12.4 Å². The van der Waals surface area contributed by atoms with Crippen molar-refractivity contribution in [3.63, 3.8) is 0 Å². The molecule has 2 rings (SSSR count). The van der Waals surface area contributed by atoms with Gasteiger partial charge in [0.1, 0.15) is 5.75 Å². The van der Waals surface area contributed by atoms with E-state index < -0.39 is 0 Å². The summed E-state index contributed by atoms with van der Waals surface area (Å²) in [5, 5.41) is 3.03. The van der Waals surface area contributed by atoms with Crippen LogP contribution < -0.4 is 10.1 Å². The molecule has 4 heteroatoms. The van der Waals surface area contributed by atoms with Gasteiger partial charge >= 0.3 is 0 Å². The molecule has 1 saturated carbocycles. The molecule has 1 aliphatic rings. The van der Waals surface area contributed by atoms with Crippen LogP contribution in [0.1, 0.15) is 43.5 Å². The van der Waals surface area contributed by atoms with Crippen LogP contribution >= 0.6 is 11.6 Å². The lowest BCUT2D eigenvalue weighted by Crippen LogP contribution is -2.31. The molecule has 1 fully saturated rings.